The third-order valence-electron chi connectivity index (χ3n) is 10.4. The van der Waals surface area contributed by atoms with Gasteiger partial charge in [0.15, 0.2) is 0 Å². The fourth-order valence-corrected chi connectivity index (χ4v) is 8.54. The first-order valence-electron chi connectivity index (χ1n) is 16.7. The molecule has 10 rings (SSSR count). The second-order valence-corrected chi connectivity index (χ2v) is 12.9. The Balaban J connectivity index is 1.22. The van der Waals surface area contributed by atoms with Crippen molar-refractivity contribution >= 4 is 27.8 Å². The monoisotopic (exact) mass is 609 g/mol. The van der Waals surface area contributed by atoms with Gasteiger partial charge in [-0.3, -0.25) is 0 Å². The van der Waals surface area contributed by atoms with Crippen molar-refractivity contribution in [3.8, 4) is 33.4 Å². The molecular weight excluding hydrogens is 579 g/mol. The van der Waals surface area contributed by atoms with Crippen LogP contribution in [-0.4, -0.2) is 0 Å². The van der Waals surface area contributed by atoms with Crippen LogP contribution in [0.2, 0.25) is 0 Å². The average Bonchev–Trinajstić information content (AvgIpc) is 3.63. The largest absolute Gasteiger partial charge is 0.310 e. The molecule has 0 N–H and O–H groups in total. The number of hydrogen-bond donors (Lipinski definition) is 0. The Kier molecular flexibility index (Phi) is 5.86. The van der Waals surface area contributed by atoms with Gasteiger partial charge in [0, 0.05) is 17.1 Å². The van der Waals surface area contributed by atoms with Gasteiger partial charge in [-0.15, -0.1) is 0 Å². The standard InChI is InChI=1S/C47H31N/c1-3-14-32(15-4-1)33-16-13-19-36(30-33)48(35-17-5-2-6-18-35)37-27-29-38-34(31-37)26-28-42-41-22-9-12-25-45(41)47(46(38)42)43-23-10-7-20-39(43)40-21-8-11-24-44(40)47/h1-31H. The first-order valence-corrected chi connectivity index (χ1v) is 16.7. The van der Waals surface area contributed by atoms with Crippen LogP contribution in [0.4, 0.5) is 17.1 Å². The summed E-state index contributed by atoms with van der Waals surface area (Å²) in [4.78, 5) is 2.38. The molecule has 0 heterocycles. The van der Waals surface area contributed by atoms with E-state index in [0.717, 1.165) is 17.1 Å². The minimum Gasteiger partial charge on any atom is -0.310 e. The zero-order chi connectivity index (χ0) is 31.7. The smallest absolute Gasteiger partial charge is 0.0731 e. The van der Waals surface area contributed by atoms with E-state index in [1.54, 1.807) is 0 Å². The van der Waals surface area contributed by atoms with Crippen LogP contribution >= 0.6 is 0 Å². The Hall–Kier alpha value is -6.18. The lowest BCUT2D eigenvalue weighted by Crippen LogP contribution is -2.26. The van der Waals surface area contributed by atoms with Crippen LogP contribution in [0.25, 0.3) is 44.2 Å². The van der Waals surface area contributed by atoms with Crippen molar-refractivity contribution in [2.45, 2.75) is 5.41 Å². The van der Waals surface area contributed by atoms with Gasteiger partial charge in [0.2, 0.25) is 0 Å². The quantitative estimate of drug-likeness (QED) is 0.192. The van der Waals surface area contributed by atoms with Gasteiger partial charge in [-0.25, -0.2) is 0 Å². The van der Waals surface area contributed by atoms with Crippen molar-refractivity contribution < 1.29 is 0 Å². The molecule has 0 fully saturated rings. The Bertz CT molecular complexity index is 2450. The molecule has 0 aliphatic heterocycles. The van der Waals surface area contributed by atoms with E-state index in [0.29, 0.717) is 0 Å². The molecule has 1 spiro atoms. The number of hydrogen-bond acceptors (Lipinski definition) is 1. The predicted molar refractivity (Wildman–Crippen MR) is 200 cm³/mol. The number of nitrogens with zero attached hydrogens (tertiary/aromatic N) is 1. The molecule has 48 heavy (non-hydrogen) atoms. The Morgan fingerprint density at radius 1 is 0.333 bits per heavy atom. The van der Waals surface area contributed by atoms with Gasteiger partial charge in [0.25, 0.3) is 0 Å². The minimum absolute atomic E-state index is 0.372. The Morgan fingerprint density at radius 3 is 1.52 bits per heavy atom. The summed E-state index contributed by atoms with van der Waals surface area (Å²) in [6.07, 6.45) is 0. The van der Waals surface area contributed by atoms with Crippen LogP contribution < -0.4 is 4.90 Å². The highest BCUT2D eigenvalue weighted by Crippen LogP contribution is 2.64. The molecule has 0 saturated heterocycles. The van der Waals surface area contributed by atoms with Gasteiger partial charge >= 0.3 is 0 Å². The van der Waals surface area contributed by atoms with Crippen molar-refractivity contribution in [3.05, 3.63) is 210 Å². The van der Waals surface area contributed by atoms with Crippen LogP contribution in [0.15, 0.2) is 188 Å². The van der Waals surface area contributed by atoms with Crippen LogP contribution in [0, 0.1) is 0 Å². The molecule has 2 aliphatic carbocycles. The van der Waals surface area contributed by atoms with Gasteiger partial charge in [-0.2, -0.15) is 0 Å². The third kappa shape index (κ3) is 3.73. The Labute approximate surface area is 281 Å². The van der Waals surface area contributed by atoms with Crippen molar-refractivity contribution in [1.29, 1.82) is 0 Å². The normalized spacial score (nSPS) is 13.2. The lowest BCUT2D eigenvalue weighted by Gasteiger charge is -2.32. The van der Waals surface area contributed by atoms with E-state index >= 15 is 0 Å². The molecule has 8 aromatic carbocycles. The minimum atomic E-state index is -0.372. The molecule has 0 atom stereocenters. The molecule has 2 aliphatic rings. The zero-order valence-corrected chi connectivity index (χ0v) is 26.3. The molecule has 8 aromatic rings. The lowest BCUT2D eigenvalue weighted by molar-refractivity contribution is 0.801. The number of benzene rings is 8. The van der Waals surface area contributed by atoms with Crippen molar-refractivity contribution in [2.75, 3.05) is 4.90 Å². The lowest BCUT2D eigenvalue weighted by atomic mass is 9.69. The van der Waals surface area contributed by atoms with E-state index < -0.39 is 0 Å². The molecule has 0 amide bonds. The number of fused-ring (bicyclic) bond motifs is 12. The number of rotatable bonds is 4. The van der Waals surface area contributed by atoms with E-state index in [1.807, 2.05) is 0 Å². The van der Waals surface area contributed by atoms with Crippen LogP contribution in [0.5, 0.6) is 0 Å². The topological polar surface area (TPSA) is 3.24 Å². The first-order chi connectivity index (χ1) is 23.8. The third-order valence-corrected chi connectivity index (χ3v) is 10.4. The van der Waals surface area contributed by atoms with Gasteiger partial charge < -0.3 is 4.90 Å². The summed E-state index contributed by atoms with van der Waals surface area (Å²) in [5.74, 6) is 0. The SMILES string of the molecule is c1ccc(-c2cccc(N(c3ccccc3)c3ccc4c5c(ccc4c3)-c3ccccc3C53c4ccccc4-c4ccccc43)c2)cc1. The highest BCUT2D eigenvalue weighted by atomic mass is 15.1. The highest BCUT2D eigenvalue weighted by Gasteiger charge is 2.52. The molecule has 0 bridgehead atoms. The molecule has 1 heteroatoms. The van der Waals surface area contributed by atoms with E-state index in [9.17, 15) is 0 Å². The predicted octanol–water partition coefficient (Wildman–Crippen LogP) is 12.3. The summed E-state index contributed by atoms with van der Waals surface area (Å²) < 4.78 is 0. The summed E-state index contributed by atoms with van der Waals surface area (Å²) in [6, 6.07) is 69.1. The highest BCUT2D eigenvalue weighted by molar-refractivity contribution is 6.04. The molecule has 224 valence electrons. The van der Waals surface area contributed by atoms with E-state index in [-0.39, 0.29) is 5.41 Å². The van der Waals surface area contributed by atoms with Crippen LogP contribution in [0.1, 0.15) is 22.3 Å². The van der Waals surface area contributed by atoms with Gasteiger partial charge in [-0.1, -0.05) is 152 Å². The molecular formula is C47H31N. The second kappa shape index (κ2) is 10.4. The molecule has 0 radical (unpaired) electrons. The number of anilines is 3. The van der Waals surface area contributed by atoms with E-state index in [1.165, 1.54) is 66.4 Å². The van der Waals surface area contributed by atoms with Crippen molar-refractivity contribution in [1.82, 2.24) is 0 Å². The van der Waals surface area contributed by atoms with E-state index in [4.69, 9.17) is 0 Å². The molecule has 0 aromatic heterocycles. The zero-order valence-electron chi connectivity index (χ0n) is 26.3. The average molecular weight is 610 g/mol. The van der Waals surface area contributed by atoms with Crippen LogP contribution in [-0.2, 0) is 5.41 Å². The summed E-state index contributed by atoms with van der Waals surface area (Å²) in [6.45, 7) is 0. The molecule has 0 saturated carbocycles. The summed E-state index contributed by atoms with van der Waals surface area (Å²) >= 11 is 0. The van der Waals surface area contributed by atoms with Crippen molar-refractivity contribution in [3.63, 3.8) is 0 Å². The second-order valence-electron chi connectivity index (χ2n) is 12.9. The van der Waals surface area contributed by atoms with Crippen molar-refractivity contribution in [2.24, 2.45) is 0 Å². The van der Waals surface area contributed by atoms with Gasteiger partial charge in [-0.05, 0) is 103 Å². The maximum absolute atomic E-state index is 2.38. The van der Waals surface area contributed by atoms with Gasteiger partial charge in [0.1, 0.15) is 0 Å². The van der Waals surface area contributed by atoms with Crippen LogP contribution in [0.3, 0.4) is 0 Å². The Morgan fingerprint density at radius 2 is 0.854 bits per heavy atom. The maximum Gasteiger partial charge on any atom is 0.0731 e. The maximum atomic E-state index is 2.38. The molecule has 1 nitrogen and oxygen atoms in total. The van der Waals surface area contributed by atoms with E-state index in [2.05, 4.69) is 193 Å². The summed E-state index contributed by atoms with van der Waals surface area (Å²) in [5, 5.41) is 2.53. The summed E-state index contributed by atoms with van der Waals surface area (Å²) in [7, 11) is 0. The fraction of sp³-hybridized carbons (Fsp3) is 0.0213. The van der Waals surface area contributed by atoms with Gasteiger partial charge in [0.05, 0.1) is 5.41 Å². The number of para-hydroxylation sites is 1. The molecule has 0 unspecified atom stereocenters. The fourth-order valence-electron chi connectivity index (χ4n) is 8.54. The summed E-state index contributed by atoms with van der Waals surface area (Å²) in [5.41, 5.74) is 16.3. The first kappa shape index (κ1) is 27.0.